The molecule has 1 N–H and O–H groups in total. The third kappa shape index (κ3) is 5.81. The largest absolute Gasteiger partial charge is 0.370 e. The lowest BCUT2D eigenvalue weighted by molar-refractivity contribution is -0.119. The monoisotopic (exact) mass is 534 g/mol. The molecular formula is C29H34N4O2S2. The van der Waals surface area contributed by atoms with Crippen molar-refractivity contribution in [1.29, 1.82) is 0 Å². The van der Waals surface area contributed by atoms with E-state index in [4.69, 9.17) is 14.7 Å². The van der Waals surface area contributed by atoms with Crippen molar-refractivity contribution in [2.45, 2.75) is 83.1 Å². The molecule has 0 aliphatic carbocycles. The van der Waals surface area contributed by atoms with Crippen LogP contribution in [0.3, 0.4) is 0 Å². The van der Waals surface area contributed by atoms with Crippen LogP contribution in [0.25, 0.3) is 20.4 Å². The minimum atomic E-state index is -0.223. The number of thiophene rings is 1. The Morgan fingerprint density at radius 1 is 1.19 bits per heavy atom. The molecule has 1 aromatic carbocycles. The summed E-state index contributed by atoms with van der Waals surface area (Å²) in [6.07, 6.45) is 6.29. The molecule has 5 rings (SSSR count). The molecule has 0 saturated carbocycles. The van der Waals surface area contributed by atoms with Crippen molar-refractivity contribution in [3.05, 3.63) is 59.0 Å². The summed E-state index contributed by atoms with van der Waals surface area (Å²) in [4.78, 5) is 28.1. The van der Waals surface area contributed by atoms with Gasteiger partial charge in [-0.2, -0.15) is 0 Å². The van der Waals surface area contributed by atoms with Gasteiger partial charge in [-0.3, -0.25) is 4.79 Å². The van der Waals surface area contributed by atoms with E-state index < -0.39 is 0 Å². The van der Waals surface area contributed by atoms with Crippen LogP contribution in [0.2, 0.25) is 0 Å². The summed E-state index contributed by atoms with van der Waals surface area (Å²) >= 11 is 3.12. The van der Waals surface area contributed by atoms with Crippen molar-refractivity contribution >= 4 is 49.4 Å². The van der Waals surface area contributed by atoms with Crippen LogP contribution in [0.4, 0.5) is 0 Å². The number of hydrogen-bond acceptors (Lipinski definition) is 7. The number of hydrogen-bond donors (Lipinski definition) is 1. The van der Waals surface area contributed by atoms with Crippen molar-refractivity contribution in [3.8, 4) is 0 Å². The van der Waals surface area contributed by atoms with Gasteiger partial charge in [0.25, 0.3) is 0 Å². The van der Waals surface area contributed by atoms with Gasteiger partial charge in [-0.25, -0.2) is 15.0 Å². The highest BCUT2D eigenvalue weighted by Crippen LogP contribution is 2.42. The van der Waals surface area contributed by atoms with Crippen molar-refractivity contribution in [2.75, 3.05) is 5.75 Å². The first kappa shape index (κ1) is 26.1. The number of ether oxygens (including phenoxy) is 1. The lowest BCUT2D eigenvalue weighted by Gasteiger charge is -2.33. The van der Waals surface area contributed by atoms with E-state index in [1.54, 1.807) is 17.7 Å². The number of thioether (sulfide) groups is 1. The molecule has 1 aliphatic heterocycles. The number of carbonyl (C=O) groups is 1. The van der Waals surface area contributed by atoms with Crippen molar-refractivity contribution in [3.63, 3.8) is 0 Å². The summed E-state index contributed by atoms with van der Waals surface area (Å²) in [5.41, 5.74) is 5.69. The molecule has 3 aromatic heterocycles. The summed E-state index contributed by atoms with van der Waals surface area (Å²) in [5.74, 6) is 0.349. The predicted molar refractivity (Wildman–Crippen MR) is 152 cm³/mol. The average molecular weight is 535 g/mol. The number of amides is 1. The first-order chi connectivity index (χ1) is 17.8. The van der Waals surface area contributed by atoms with Gasteiger partial charge in [0.1, 0.15) is 16.2 Å². The number of benzene rings is 1. The van der Waals surface area contributed by atoms with Crippen LogP contribution in [0.1, 0.15) is 62.9 Å². The molecule has 4 aromatic rings. The molecule has 0 radical (unpaired) electrons. The van der Waals surface area contributed by atoms with Gasteiger partial charge in [0.05, 0.1) is 28.2 Å². The second kappa shape index (κ2) is 11.1. The van der Waals surface area contributed by atoms with Crippen molar-refractivity contribution < 1.29 is 9.53 Å². The third-order valence-electron chi connectivity index (χ3n) is 6.82. The van der Waals surface area contributed by atoms with Gasteiger partial charge in [0, 0.05) is 29.1 Å². The standard InChI is InChI=1S/C29H34N4O2S2/c1-5-9-22-21-15-35-29(3,4)14-20(21)24-25-26(37-27(24)33-22)28(31-17-30-25)36-16-23(34)32-18(2)12-13-19-10-7-6-8-11-19/h6-8,10-11,17-18H,5,9,12-16H2,1-4H3,(H,32,34)/t18-/m1/s1. The number of rotatable bonds is 9. The van der Waals surface area contributed by atoms with Gasteiger partial charge in [-0.05, 0) is 51.2 Å². The van der Waals surface area contributed by atoms with Gasteiger partial charge >= 0.3 is 0 Å². The number of carbonyl (C=O) groups excluding carboxylic acids is 1. The SMILES string of the molecule is CCCc1nc2sc3c(SCC(=O)N[C@H](C)CCc4ccccc4)ncnc3c2c2c1COC(C)(C)C2. The van der Waals surface area contributed by atoms with Crippen molar-refractivity contribution in [2.24, 2.45) is 0 Å². The zero-order valence-corrected chi connectivity index (χ0v) is 23.6. The molecule has 0 fully saturated rings. The number of nitrogens with zero attached hydrogens (tertiary/aromatic N) is 3. The lowest BCUT2D eigenvalue weighted by atomic mass is 9.88. The maximum atomic E-state index is 12.7. The van der Waals surface area contributed by atoms with Crippen LogP contribution in [-0.4, -0.2) is 38.3 Å². The second-order valence-corrected chi connectivity index (χ2v) is 12.4. The highest BCUT2D eigenvalue weighted by atomic mass is 32.2. The number of pyridine rings is 1. The molecule has 6 nitrogen and oxygen atoms in total. The summed E-state index contributed by atoms with van der Waals surface area (Å²) in [6.45, 7) is 9.13. The number of fused-ring (bicyclic) bond motifs is 5. The number of aromatic nitrogens is 3. The predicted octanol–water partition coefficient (Wildman–Crippen LogP) is 6.27. The van der Waals surface area contributed by atoms with E-state index >= 15 is 0 Å². The Morgan fingerprint density at radius 3 is 2.78 bits per heavy atom. The molecule has 194 valence electrons. The maximum Gasteiger partial charge on any atom is 0.230 e. The zero-order valence-electron chi connectivity index (χ0n) is 22.0. The smallest absolute Gasteiger partial charge is 0.230 e. The quantitative estimate of drug-likeness (QED) is 0.201. The van der Waals surface area contributed by atoms with Gasteiger partial charge in [-0.1, -0.05) is 55.4 Å². The fraction of sp³-hybridized carbons (Fsp3) is 0.448. The molecule has 1 atom stereocenters. The topological polar surface area (TPSA) is 77.0 Å². The lowest BCUT2D eigenvalue weighted by Crippen LogP contribution is -2.34. The molecule has 0 saturated heterocycles. The zero-order chi connectivity index (χ0) is 26.0. The van der Waals surface area contributed by atoms with Crippen LogP contribution in [-0.2, 0) is 35.4 Å². The first-order valence-corrected chi connectivity index (χ1v) is 14.8. The van der Waals surface area contributed by atoms with Crippen LogP contribution in [0.15, 0.2) is 41.7 Å². The van der Waals surface area contributed by atoms with Gasteiger partial charge in [-0.15, -0.1) is 11.3 Å². The average Bonchev–Trinajstić information content (AvgIpc) is 3.25. The van der Waals surface area contributed by atoms with Gasteiger partial charge in [0.2, 0.25) is 5.91 Å². The van der Waals surface area contributed by atoms with E-state index in [1.165, 1.54) is 28.5 Å². The summed E-state index contributed by atoms with van der Waals surface area (Å²) < 4.78 is 7.18. The highest BCUT2D eigenvalue weighted by molar-refractivity contribution is 8.00. The van der Waals surface area contributed by atoms with E-state index in [0.29, 0.717) is 12.4 Å². The Kier molecular flexibility index (Phi) is 7.79. The molecule has 1 aliphatic rings. The Labute approximate surface area is 226 Å². The van der Waals surface area contributed by atoms with E-state index in [9.17, 15) is 4.79 Å². The highest BCUT2D eigenvalue weighted by Gasteiger charge is 2.31. The minimum absolute atomic E-state index is 0.0260. The van der Waals surface area contributed by atoms with Crippen LogP contribution >= 0.6 is 23.1 Å². The van der Waals surface area contributed by atoms with E-state index in [2.05, 4.69) is 62.3 Å². The van der Waals surface area contributed by atoms with Crippen LogP contribution in [0.5, 0.6) is 0 Å². The Balaban J connectivity index is 1.35. The van der Waals surface area contributed by atoms with Gasteiger partial charge in [0.15, 0.2) is 0 Å². The molecule has 0 unspecified atom stereocenters. The van der Waals surface area contributed by atoms with E-state index in [0.717, 1.165) is 63.3 Å². The third-order valence-corrected chi connectivity index (χ3v) is 9.02. The summed E-state index contributed by atoms with van der Waals surface area (Å²) in [5, 5.41) is 5.12. The fourth-order valence-corrected chi connectivity index (χ4v) is 7.01. The molecule has 37 heavy (non-hydrogen) atoms. The molecule has 8 heteroatoms. The van der Waals surface area contributed by atoms with Crippen LogP contribution < -0.4 is 5.32 Å². The Bertz CT molecular complexity index is 1420. The number of nitrogens with one attached hydrogen (secondary N) is 1. The molecule has 1 amide bonds. The normalized spacial score (nSPS) is 15.6. The molecular weight excluding hydrogens is 500 g/mol. The van der Waals surface area contributed by atoms with Gasteiger partial charge < -0.3 is 10.1 Å². The first-order valence-electron chi connectivity index (χ1n) is 13.0. The van der Waals surface area contributed by atoms with E-state index in [1.807, 2.05) is 6.07 Å². The minimum Gasteiger partial charge on any atom is -0.370 e. The molecule has 0 bridgehead atoms. The Morgan fingerprint density at radius 2 is 2.00 bits per heavy atom. The molecule has 4 heterocycles. The fourth-order valence-electron chi connectivity index (χ4n) is 4.95. The number of aryl methyl sites for hydroxylation is 2. The second-order valence-electron chi connectivity index (χ2n) is 10.4. The van der Waals surface area contributed by atoms with Crippen molar-refractivity contribution in [1.82, 2.24) is 20.3 Å². The van der Waals surface area contributed by atoms with Crippen LogP contribution in [0, 0.1) is 0 Å². The maximum absolute atomic E-state index is 12.7. The molecule has 0 spiro atoms. The Hall–Kier alpha value is -2.55. The summed E-state index contributed by atoms with van der Waals surface area (Å²) in [7, 11) is 0. The summed E-state index contributed by atoms with van der Waals surface area (Å²) in [6, 6.07) is 10.5. The van der Waals surface area contributed by atoms with E-state index in [-0.39, 0.29) is 17.6 Å².